The Morgan fingerprint density at radius 2 is 1.97 bits per heavy atom. The van der Waals surface area contributed by atoms with E-state index in [9.17, 15) is 18.0 Å². The first-order valence-electron chi connectivity index (χ1n) is 10.2. The zero-order chi connectivity index (χ0) is 21.7. The molecule has 0 radical (unpaired) electrons. The van der Waals surface area contributed by atoms with Crippen molar-refractivity contribution in [3.63, 3.8) is 0 Å². The van der Waals surface area contributed by atoms with Crippen molar-refractivity contribution >= 4 is 38.8 Å². The first-order chi connectivity index (χ1) is 14.3. The van der Waals surface area contributed by atoms with Gasteiger partial charge in [0.2, 0.25) is 15.9 Å². The van der Waals surface area contributed by atoms with Gasteiger partial charge in [-0.3, -0.25) is 9.36 Å². The number of sulfonamides is 1. The molecule has 1 aliphatic rings. The number of hydrogen-bond acceptors (Lipinski definition) is 6. The Balaban J connectivity index is 1.78. The van der Waals surface area contributed by atoms with Gasteiger partial charge in [0.05, 0.1) is 10.4 Å². The maximum Gasteiger partial charge on any atom is 0.419 e. The van der Waals surface area contributed by atoms with E-state index >= 15 is 0 Å². The second-order valence-electron chi connectivity index (χ2n) is 7.71. The van der Waals surface area contributed by atoms with Crippen molar-refractivity contribution in [2.75, 3.05) is 12.0 Å². The number of nitrogens with zero attached hydrogens (tertiary/aromatic N) is 1. The van der Waals surface area contributed by atoms with Gasteiger partial charge >= 0.3 is 5.76 Å². The van der Waals surface area contributed by atoms with Gasteiger partial charge in [0.15, 0.2) is 5.58 Å². The van der Waals surface area contributed by atoms with Gasteiger partial charge in [-0.25, -0.2) is 13.2 Å². The second kappa shape index (κ2) is 10.0. The van der Waals surface area contributed by atoms with Gasteiger partial charge in [0.25, 0.3) is 0 Å². The molecule has 0 bridgehead atoms. The Hall–Kier alpha value is -1.78. The lowest BCUT2D eigenvalue weighted by Crippen LogP contribution is -2.49. The van der Waals surface area contributed by atoms with Crippen molar-refractivity contribution in [2.24, 2.45) is 7.05 Å². The lowest BCUT2D eigenvalue weighted by atomic mass is 10.1. The molecule has 1 aliphatic carbocycles. The number of nitrogens with one attached hydrogen (secondary N) is 2. The minimum atomic E-state index is -3.97. The molecular weight excluding hydrogens is 426 g/mol. The Morgan fingerprint density at radius 3 is 2.63 bits per heavy atom. The molecule has 0 spiro atoms. The summed E-state index contributed by atoms with van der Waals surface area (Å²) < 4.78 is 34.9. The number of oxazole rings is 1. The fourth-order valence-corrected chi connectivity index (χ4v) is 5.46. The van der Waals surface area contributed by atoms with Crippen LogP contribution in [0, 0.1) is 0 Å². The van der Waals surface area contributed by atoms with E-state index in [0.29, 0.717) is 17.7 Å². The number of amides is 1. The van der Waals surface area contributed by atoms with Gasteiger partial charge in [0.1, 0.15) is 6.04 Å². The Morgan fingerprint density at radius 1 is 1.27 bits per heavy atom. The van der Waals surface area contributed by atoms with Crippen molar-refractivity contribution in [2.45, 2.75) is 61.9 Å². The fourth-order valence-electron chi connectivity index (χ4n) is 3.74. The van der Waals surface area contributed by atoms with Gasteiger partial charge in [-0.1, -0.05) is 25.7 Å². The minimum absolute atomic E-state index is 0.0410. The predicted molar refractivity (Wildman–Crippen MR) is 118 cm³/mol. The maximum atomic E-state index is 13.0. The van der Waals surface area contributed by atoms with Crippen LogP contribution in [0.15, 0.2) is 32.3 Å². The summed E-state index contributed by atoms with van der Waals surface area (Å²) in [5.74, 6) is -0.197. The number of hydrogen-bond donors (Lipinski definition) is 2. The summed E-state index contributed by atoms with van der Waals surface area (Å²) in [6, 6.07) is 3.49. The number of thioether (sulfide) groups is 1. The van der Waals surface area contributed by atoms with E-state index in [1.54, 1.807) is 18.8 Å². The third-order valence-corrected chi connectivity index (χ3v) is 7.61. The van der Waals surface area contributed by atoms with Crippen LogP contribution in [0.3, 0.4) is 0 Å². The van der Waals surface area contributed by atoms with Crippen LogP contribution in [-0.2, 0) is 21.9 Å². The molecule has 1 atom stereocenters. The van der Waals surface area contributed by atoms with Crippen molar-refractivity contribution in [1.29, 1.82) is 0 Å². The normalized spacial score (nSPS) is 17.0. The molecular formula is C20H29N3O5S2. The number of aryl methyl sites for hydroxylation is 1. The van der Waals surface area contributed by atoms with Crippen molar-refractivity contribution < 1.29 is 17.6 Å². The smallest absolute Gasteiger partial charge is 0.408 e. The molecule has 0 saturated heterocycles. The van der Waals surface area contributed by atoms with Crippen LogP contribution in [0.4, 0.5) is 0 Å². The molecule has 1 amide bonds. The lowest BCUT2D eigenvalue weighted by molar-refractivity contribution is -0.123. The van der Waals surface area contributed by atoms with Crippen LogP contribution in [0.5, 0.6) is 0 Å². The van der Waals surface area contributed by atoms with E-state index in [-0.39, 0.29) is 22.4 Å². The van der Waals surface area contributed by atoms with E-state index in [4.69, 9.17) is 4.42 Å². The number of benzene rings is 1. The third kappa shape index (κ3) is 5.47. The van der Waals surface area contributed by atoms with Crippen LogP contribution >= 0.6 is 11.8 Å². The van der Waals surface area contributed by atoms with Crippen LogP contribution in [0.2, 0.25) is 0 Å². The van der Waals surface area contributed by atoms with E-state index in [1.807, 2.05) is 6.26 Å². The standard InChI is InChI=1S/C20H29N3O5S2/c1-23-17-10-9-15(13-18(17)28-20(23)25)30(26,27)22-16(11-12-29-2)19(24)21-14-7-5-3-4-6-8-14/h9-10,13-14,16,22H,3-8,11-12H2,1-2H3,(H,21,24)/t16-/m0/s1. The van der Waals surface area contributed by atoms with Crippen LogP contribution in [0.25, 0.3) is 11.1 Å². The number of carbonyl (C=O) groups is 1. The topological polar surface area (TPSA) is 110 Å². The average molecular weight is 456 g/mol. The number of aromatic nitrogens is 1. The summed E-state index contributed by atoms with van der Waals surface area (Å²) in [5, 5.41) is 3.04. The van der Waals surface area contributed by atoms with E-state index in [0.717, 1.165) is 25.7 Å². The average Bonchev–Trinajstić information content (AvgIpc) is 2.88. The number of rotatable bonds is 8. The molecule has 0 aliphatic heterocycles. The van der Waals surface area contributed by atoms with Gasteiger partial charge in [-0.15, -0.1) is 0 Å². The zero-order valence-electron chi connectivity index (χ0n) is 17.3. The molecule has 1 fully saturated rings. The molecule has 30 heavy (non-hydrogen) atoms. The summed E-state index contributed by atoms with van der Waals surface area (Å²) in [6.07, 6.45) is 8.67. The van der Waals surface area contributed by atoms with Crippen molar-refractivity contribution in [1.82, 2.24) is 14.6 Å². The second-order valence-corrected chi connectivity index (χ2v) is 10.4. The molecule has 3 rings (SSSR count). The molecule has 1 saturated carbocycles. The molecule has 0 unspecified atom stereocenters. The highest BCUT2D eigenvalue weighted by Crippen LogP contribution is 2.20. The van der Waals surface area contributed by atoms with Crippen LogP contribution in [0.1, 0.15) is 44.9 Å². The van der Waals surface area contributed by atoms with Crippen LogP contribution < -0.4 is 15.8 Å². The molecule has 8 nitrogen and oxygen atoms in total. The summed E-state index contributed by atoms with van der Waals surface area (Å²) >= 11 is 1.56. The predicted octanol–water partition coefficient (Wildman–Crippen LogP) is 2.37. The Labute approximate surface area is 180 Å². The lowest BCUT2D eigenvalue weighted by Gasteiger charge is -2.22. The fraction of sp³-hybridized carbons (Fsp3) is 0.600. The molecule has 1 aromatic carbocycles. The Kier molecular flexibility index (Phi) is 7.65. The quantitative estimate of drug-likeness (QED) is 0.591. The molecule has 2 aromatic rings. The maximum absolute atomic E-state index is 13.0. The van der Waals surface area contributed by atoms with Crippen molar-refractivity contribution in [3.05, 3.63) is 28.7 Å². The number of fused-ring (bicyclic) bond motifs is 1. The highest BCUT2D eigenvalue weighted by Gasteiger charge is 2.28. The first-order valence-corrected chi connectivity index (χ1v) is 13.1. The van der Waals surface area contributed by atoms with Crippen LogP contribution in [-0.4, -0.2) is 43.0 Å². The molecule has 1 heterocycles. The first kappa shape index (κ1) is 22.9. The SMILES string of the molecule is CSCC[C@H](NS(=O)(=O)c1ccc2c(c1)oc(=O)n2C)C(=O)NC1CCCCCC1. The third-order valence-electron chi connectivity index (χ3n) is 5.50. The molecule has 1 aromatic heterocycles. The summed E-state index contributed by atoms with van der Waals surface area (Å²) in [7, 11) is -2.42. The summed E-state index contributed by atoms with van der Waals surface area (Å²) in [4.78, 5) is 24.5. The highest BCUT2D eigenvalue weighted by molar-refractivity contribution is 7.98. The van der Waals surface area contributed by atoms with E-state index < -0.39 is 21.8 Å². The van der Waals surface area contributed by atoms with Gasteiger partial charge in [-0.05, 0) is 43.4 Å². The van der Waals surface area contributed by atoms with E-state index in [2.05, 4.69) is 10.0 Å². The summed E-state index contributed by atoms with van der Waals surface area (Å²) in [5.41, 5.74) is 0.693. The Bertz CT molecular complexity index is 1040. The van der Waals surface area contributed by atoms with Gasteiger partial charge < -0.3 is 9.73 Å². The van der Waals surface area contributed by atoms with E-state index in [1.165, 1.54) is 35.6 Å². The van der Waals surface area contributed by atoms with Crippen molar-refractivity contribution in [3.8, 4) is 0 Å². The zero-order valence-corrected chi connectivity index (χ0v) is 19.0. The van der Waals surface area contributed by atoms with Gasteiger partial charge in [-0.2, -0.15) is 16.5 Å². The molecule has 166 valence electrons. The number of carbonyl (C=O) groups excluding carboxylic acids is 1. The van der Waals surface area contributed by atoms with Gasteiger partial charge in [0, 0.05) is 19.2 Å². The monoisotopic (exact) mass is 455 g/mol. The molecule has 2 N–H and O–H groups in total. The minimum Gasteiger partial charge on any atom is -0.408 e. The summed E-state index contributed by atoms with van der Waals surface area (Å²) in [6.45, 7) is 0. The highest BCUT2D eigenvalue weighted by atomic mass is 32.2. The largest absolute Gasteiger partial charge is 0.419 e. The molecule has 10 heteroatoms.